The normalized spacial score (nSPS) is 16.9. The van der Waals surface area contributed by atoms with Crippen molar-refractivity contribution >= 4 is 11.6 Å². The van der Waals surface area contributed by atoms with Crippen LogP contribution in [0.25, 0.3) is 0 Å². The van der Waals surface area contributed by atoms with Crippen LogP contribution in [-0.2, 0) is 0 Å². The fourth-order valence-corrected chi connectivity index (χ4v) is 3.03. The van der Waals surface area contributed by atoms with Crippen molar-refractivity contribution in [3.63, 3.8) is 0 Å². The third-order valence-electron chi connectivity index (χ3n) is 4.12. The van der Waals surface area contributed by atoms with Gasteiger partial charge in [-0.1, -0.05) is 60.5 Å². The number of nitrogens with two attached hydrogens (primary N) is 1. The van der Waals surface area contributed by atoms with Crippen LogP contribution in [0.4, 0.5) is 0 Å². The first-order valence-corrected chi connectivity index (χ1v) is 7.24. The van der Waals surface area contributed by atoms with Gasteiger partial charge in [-0.3, -0.25) is 0 Å². The standard InChI is InChI=1S/C17H18ClN/c18-16-11-4-3-10-15(16)17(19)14-9-2-1-8-13(14)12-6-5-7-12/h1-4,8-12,17H,5-7,19H2. The van der Waals surface area contributed by atoms with Gasteiger partial charge in [0.2, 0.25) is 0 Å². The summed E-state index contributed by atoms with van der Waals surface area (Å²) >= 11 is 6.27. The first kappa shape index (κ1) is 12.7. The smallest absolute Gasteiger partial charge is 0.0569 e. The fraction of sp³-hybridized carbons (Fsp3) is 0.294. The van der Waals surface area contributed by atoms with Crippen molar-refractivity contribution in [3.05, 3.63) is 70.2 Å². The van der Waals surface area contributed by atoms with E-state index in [-0.39, 0.29) is 6.04 Å². The Balaban J connectivity index is 2.00. The minimum Gasteiger partial charge on any atom is -0.320 e. The van der Waals surface area contributed by atoms with Gasteiger partial charge in [0.05, 0.1) is 6.04 Å². The molecule has 0 aliphatic heterocycles. The molecule has 1 aliphatic carbocycles. The third kappa shape index (κ3) is 2.41. The predicted molar refractivity (Wildman–Crippen MR) is 80.5 cm³/mol. The molecule has 2 N–H and O–H groups in total. The SMILES string of the molecule is NC(c1ccccc1Cl)c1ccccc1C1CCC1. The monoisotopic (exact) mass is 271 g/mol. The van der Waals surface area contributed by atoms with Crippen LogP contribution in [0.15, 0.2) is 48.5 Å². The molecule has 1 atom stereocenters. The van der Waals surface area contributed by atoms with Crippen molar-refractivity contribution in [3.8, 4) is 0 Å². The van der Waals surface area contributed by atoms with E-state index in [0.29, 0.717) is 5.92 Å². The van der Waals surface area contributed by atoms with Crippen molar-refractivity contribution in [2.75, 3.05) is 0 Å². The molecule has 1 saturated carbocycles. The molecule has 0 radical (unpaired) electrons. The van der Waals surface area contributed by atoms with Gasteiger partial charge in [0.15, 0.2) is 0 Å². The van der Waals surface area contributed by atoms with E-state index >= 15 is 0 Å². The second-order valence-electron chi connectivity index (χ2n) is 5.26. The zero-order chi connectivity index (χ0) is 13.2. The van der Waals surface area contributed by atoms with Gasteiger partial charge < -0.3 is 5.73 Å². The zero-order valence-electron chi connectivity index (χ0n) is 10.9. The van der Waals surface area contributed by atoms with Gasteiger partial charge in [-0.25, -0.2) is 0 Å². The molecular weight excluding hydrogens is 254 g/mol. The summed E-state index contributed by atoms with van der Waals surface area (Å²) in [5, 5.41) is 0.749. The van der Waals surface area contributed by atoms with Gasteiger partial charge in [0.1, 0.15) is 0 Å². The van der Waals surface area contributed by atoms with E-state index < -0.39 is 0 Å². The van der Waals surface area contributed by atoms with Crippen LogP contribution in [0.2, 0.25) is 5.02 Å². The second kappa shape index (κ2) is 5.36. The van der Waals surface area contributed by atoms with Gasteiger partial charge in [0.25, 0.3) is 0 Å². The first-order chi connectivity index (χ1) is 9.27. The largest absolute Gasteiger partial charge is 0.320 e. The molecule has 0 amide bonds. The molecule has 2 aromatic rings. The zero-order valence-corrected chi connectivity index (χ0v) is 11.6. The highest BCUT2D eigenvalue weighted by Crippen LogP contribution is 2.40. The average molecular weight is 272 g/mol. The summed E-state index contributed by atoms with van der Waals surface area (Å²) in [6, 6.07) is 16.3. The average Bonchev–Trinajstić information content (AvgIpc) is 2.37. The first-order valence-electron chi connectivity index (χ1n) is 6.86. The van der Waals surface area contributed by atoms with Gasteiger partial charge in [-0.05, 0) is 41.5 Å². The Morgan fingerprint density at radius 3 is 2.21 bits per heavy atom. The van der Waals surface area contributed by atoms with Crippen LogP contribution in [0, 0.1) is 0 Å². The number of hydrogen-bond donors (Lipinski definition) is 1. The topological polar surface area (TPSA) is 26.0 Å². The van der Waals surface area contributed by atoms with E-state index in [4.69, 9.17) is 17.3 Å². The molecule has 0 aromatic heterocycles. The van der Waals surface area contributed by atoms with Crippen molar-refractivity contribution in [1.29, 1.82) is 0 Å². The maximum atomic E-state index is 6.45. The van der Waals surface area contributed by atoms with Crippen LogP contribution in [0.3, 0.4) is 0 Å². The molecule has 0 bridgehead atoms. The van der Waals surface area contributed by atoms with Crippen molar-refractivity contribution in [2.45, 2.75) is 31.2 Å². The van der Waals surface area contributed by atoms with Crippen molar-refractivity contribution < 1.29 is 0 Å². The Morgan fingerprint density at radius 1 is 0.947 bits per heavy atom. The molecule has 2 heteroatoms. The highest BCUT2D eigenvalue weighted by Gasteiger charge is 2.24. The van der Waals surface area contributed by atoms with Gasteiger partial charge in [-0.15, -0.1) is 0 Å². The van der Waals surface area contributed by atoms with Crippen LogP contribution >= 0.6 is 11.6 Å². The van der Waals surface area contributed by atoms with E-state index in [1.807, 2.05) is 24.3 Å². The number of halogens is 1. The Kier molecular flexibility index (Phi) is 3.58. The lowest BCUT2D eigenvalue weighted by atomic mass is 9.76. The van der Waals surface area contributed by atoms with Crippen molar-refractivity contribution in [2.24, 2.45) is 5.73 Å². The van der Waals surface area contributed by atoms with E-state index in [0.717, 1.165) is 10.6 Å². The maximum absolute atomic E-state index is 6.45. The fourth-order valence-electron chi connectivity index (χ4n) is 2.78. The Hall–Kier alpha value is -1.31. The molecule has 0 spiro atoms. The van der Waals surface area contributed by atoms with E-state index in [1.54, 1.807) is 0 Å². The van der Waals surface area contributed by atoms with Crippen LogP contribution in [0.5, 0.6) is 0 Å². The summed E-state index contributed by atoms with van der Waals surface area (Å²) in [5.41, 5.74) is 10.1. The lowest BCUT2D eigenvalue weighted by molar-refractivity contribution is 0.416. The highest BCUT2D eigenvalue weighted by molar-refractivity contribution is 6.31. The summed E-state index contributed by atoms with van der Waals surface area (Å²) in [6.45, 7) is 0. The Morgan fingerprint density at radius 2 is 1.58 bits per heavy atom. The molecule has 98 valence electrons. The number of rotatable bonds is 3. The Bertz CT molecular complexity index is 575. The lowest BCUT2D eigenvalue weighted by Gasteiger charge is -2.29. The molecule has 1 aliphatic rings. The summed E-state index contributed by atoms with van der Waals surface area (Å²) in [5.74, 6) is 0.685. The van der Waals surface area contributed by atoms with Gasteiger partial charge in [0, 0.05) is 5.02 Å². The summed E-state index contributed by atoms with van der Waals surface area (Å²) in [6.07, 6.45) is 3.90. The van der Waals surface area contributed by atoms with E-state index in [1.165, 1.54) is 30.4 Å². The molecule has 3 rings (SSSR count). The molecule has 1 fully saturated rings. The summed E-state index contributed by atoms with van der Waals surface area (Å²) in [7, 11) is 0. The lowest BCUT2D eigenvalue weighted by Crippen LogP contribution is -2.18. The molecule has 1 unspecified atom stereocenters. The summed E-state index contributed by atoms with van der Waals surface area (Å²) in [4.78, 5) is 0. The molecule has 0 heterocycles. The summed E-state index contributed by atoms with van der Waals surface area (Å²) < 4.78 is 0. The van der Waals surface area contributed by atoms with Crippen LogP contribution in [0.1, 0.15) is 47.9 Å². The van der Waals surface area contributed by atoms with Crippen LogP contribution in [-0.4, -0.2) is 0 Å². The predicted octanol–water partition coefficient (Wildman–Crippen LogP) is 4.66. The third-order valence-corrected chi connectivity index (χ3v) is 4.46. The number of hydrogen-bond acceptors (Lipinski definition) is 1. The second-order valence-corrected chi connectivity index (χ2v) is 5.66. The molecular formula is C17H18ClN. The van der Waals surface area contributed by atoms with Gasteiger partial charge in [-0.2, -0.15) is 0 Å². The number of benzene rings is 2. The minimum atomic E-state index is -0.134. The van der Waals surface area contributed by atoms with E-state index in [9.17, 15) is 0 Å². The van der Waals surface area contributed by atoms with E-state index in [2.05, 4.69) is 24.3 Å². The quantitative estimate of drug-likeness (QED) is 0.864. The molecule has 0 saturated heterocycles. The maximum Gasteiger partial charge on any atom is 0.0569 e. The van der Waals surface area contributed by atoms with Gasteiger partial charge >= 0.3 is 0 Å². The van der Waals surface area contributed by atoms with Crippen LogP contribution < -0.4 is 5.73 Å². The minimum absolute atomic E-state index is 0.134. The van der Waals surface area contributed by atoms with Crippen molar-refractivity contribution in [1.82, 2.24) is 0 Å². The molecule has 2 aromatic carbocycles. The molecule has 19 heavy (non-hydrogen) atoms. The molecule has 1 nitrogen and oxygen atoms in total. The Labute approximate surface area is 119 Å². The highest BCUT2D eigenvalue weighted by atomic mass is 35.5.